The third kappa shape index (κ3) is 7.64. The molecule has 0 bridgehead atoms. The number of nitrogens with zero attached hydrogens (tertiary/aromatic N) is 1. The average molecular weight is 508 g/mol. The standard InChI is InChI=1S/C35H41NO2/c1-4-23-36(24-26-37-34(30-17-7-5-8-18-30)32-21-13-11-15-28(32)2)25-27-38-35(31-19-9-6-10-20-31)33-22-14-12-16-29(33)3/h5-22,34-35H,4,23-27H2,1-3H3. The first-order valence-electron chi connectivity index (χ1n) is 13.8. The number of rotatable bonds is 14. The Balaban J connectivity index is 1.39. The van der Waals surface area contributed by atoms with Crippen LogP contribution < -0.4 is 0 Å². The van der Waals surface area contributed by atoms with Gasteiger partial charge in [-0.2, -0.15) is 0 Å². The van der Waals surface area contributed by atoms with Crippen LogP contribution in [0.15, 0.2) is 109 Å². The zero-order valence-electron chi connectivity index (χ0n) is 23.1. The molecule has 198 valence electrons. The second kappa shape index (κ2) is 14.6. The normalized spacial score (nSPS) is 12.9. The van der Waals surface area contributed by atoms with Gasteiger partial charge in [-0.15, -0.1) is 0 Å². The second-order valence-corrected chi connectivity index (χ2v) is 9.88. The molecule has 0 amide bonds. The highest BCUT2D eigenvalue weighted by atomic mass is 16.5. The Labute approximate surface area is 229 Å². The predicted octanol–water partition coefficient (Wildman–Crippen LogP) is 7.93. The number of benzene rings is 4. The summed E-state index contributed by atoms with van der Waals surface area (Å²) >= 11 is 0. The first kappa shape index (κ1) is 27.8. The lowest BCUT2D eigenvalue weighted by Crippen LogP contribution is -2.32. The first-order valence-corrected chi connectivity index (χ1v) is 13.8. The van der Waals surface area contributed by atoms with Crippen LogP contribution in [0.5, 0.6) is 0 Å². The van der Waals surface area contributed by atoms with E-state index in [1.54, 1.807) is 0 Å². The third-order valence-electron chi connectivity index (χ3n) is 7.07. The van der Waals surface area contributed by atoms with E-state index in [0.717, 1.165) is 26.1 Å². The van der Waals surface area contributed by atoms with Gasteiger partial charge in [-0.3, -0.25) is 4.90 Å². The van der Waals surface area contributed by atoms with Crippen molar-refractivity contribution in [2.45, 2.75) is 39.4 Å². The summed E-state index contributed by atoms with van der Waals surface area (Å²) in [7, 11) is 0. The third-order valence-corrected chi connectivity index (χ3v) is 7.07. The number of hydrogen-bond donors (Lipinski definition) is 0. The van der Waals surface area contributed by atoms with Gasteiger partial charge < -0.3 is 9.47 Å². The van der Waals surface area contributed by atoms with Crippen molar-refractivity contribution >= 4 is 0 Å². The SMILES string of the molecule is CCCN(CCOC(c1ccccc1)c1ccccc1C)CCOC(c1ccccc1)c1ccccc1C. The van der Waals surface area contributed by atoms with Gasteiger partial charge in [0.05, 0.1) is 13.2 Å². The Kier molecular flexibility index (Phi) is 10.7. The van der Waals surface area contributed by atoms with Gasteiger partial charge in [-0.05, 0) is 60.2 Å². The zero-order chi connectivity index (χ0) is 26.6. The molecule has 4 aromatic carbocycles. The quantitative estimate of drug-likeness (QED) is 0.173. The van der Waals surface area contributed by atoms with Crippen molar-refractivity contribution in [3.63, 3.8) is 0 Å². The maximum Gasteiger partial charge on any atom is 0.108 e. The van der Waals surface area contributed by atoms with Crippen LogP contribution in [-0.4, -0.2) is 37.7 Å². The van der Waals surface area contributed by atoms with E-state index in [0.29, 0.717) is 13.2 Å². The Morgan fingerprint density at radius 2 is 0.921 bits per heavy atom. The Hall–Kier alpha value is -3.24. The molecule has 38 heavy (non-hydrogen) atoms. The maximum atomic E-state index is 6.57. The van der Waals surface area contributed by atoms with E-state index in [2.05, 4.69) is 135 Å². The van der Waals surface area contributed by atoms with E-state index in [-0.39, 0.29) is 12.2 Å². The minimum Gasteiger partial charge on any atom is -0.367 e. The molecule has 4 aromatic rings. The van der Waals surface area contributed by atoms with Crippen LogP contribution in [-0.2, 0) is 9.47 Å². The second-order valence-electron chi connectivity index (χ2n) is 9.88. The lowest BCUT2D eigenvalue weighted by atomic mass is 9.97. The maximum absolute atomic E-state index is 6.57. The monoisotopic (exact) mass is 507 g/mol. The molecule has 0 fully saturated rings. The van der Waals surface area contributed by atoms with Crippen LogP contribution >= 0.6 is 0 Å². The molecule has 4 rings (SSSR count). The van der Waals surface area contributed by atoms with E-state index in [4.69, 9.17) is 9.47 Å². The van der Waals surface area contributed by atoms with Crippen molar-refractivity contribution in [2.24, 2.45) is 0 Å². The fraction of sp³-hybridized carbons (Fsp3) is 0.314. The predicted molar refractivity (Wildman–Crippen MR) is 158 cm³/mol. The van der Waals surface area contributed by atoms with Crippen molar-refractivity contribution in [1.82, 2.24) is 4.90 Å². The lowest BCUT2D eigenvalue weighted by molar-refractivity contribution is 0.0348. The molecule has 3 nitrogen and oxygen atoms in total. The number of aryl methyl sites for hydroxylation is 2. The van der Waals surface area contributed by atoms with Crippen molar-refractivity contribution in [3.05, 3.63) is 143 Å². The van der Waals surface area contributed by atoms with Crippen molar-refractivity contribution < 1.29 is 9.47 Å². The molecule has 0 N–H and O–H groups in total. The summed E-state index contributed by atoms with van der Waals surface area (Å²) < 4.78 is 13.1. The summed E-state index contributed by atoms with van der Waals surface area (Å²) in [6.07, 6.45) is 0.959. The van der Waals surface area contributed by atoms with Crippen molar-refractivity contribution in [3.8, 4) is 0 Å². The van der Waals surface area contributed by atoms with Crippen LogP contribution in [0.1, 0.15) is 58.9 Å². The molecule has 0 aliphatic heterocycles. The van der Waals surface area contributed by atoms with Crippen LogP contribution in [0.2, 0.25) is 0 Å². The van der Waals surface area contributed by atoms with Gasteiger partial charge in [0.2, 0.25) is 0 Å². The zero-order valence-corrected chi connectivity index (χ0v) is 23.1. The molecule has 0 aliphatic rings. The van der Waals surface area contributed by atoms with Crippen molar-refractivity contribution in [1.29, 1.82) is 0 Å². The molecule has 0 aromatic heterocycles. The highest BCUT2D eigenvalue weighted by Gasteiger charge is 2.19. The largest absolute Gasteiger partial charge is 0.367 e. The van der Waals surface area contributed by atoms with Crippen LogP contribution in [0.25, 0.3) is 0 Å². The Bertz CT molecular complexity index is 1130. The first-order chi connectivity index (χ1) is 18.7. The van der Waals surface area contributed by atoms with E-state index in [1.165, 1.54) is 33.4 Å². The summed E-state index contributed by atoms with van der Waals surface area (Å²) in [5.74, 6) is 0. The van der Waals surface area contributed by atoms with Gasteiger partial charge in [-0.1, -0.05) is 116 Å². The van der Waals surface area contributed by atoms with Gasteiger partial charge in [0.1, 0.15) is 12.2 Å². The molecule has 3 heteroatoms. The Morgan fingerprint density at radius 1 is 0.526 bits per heavy atom. The highest BCUT2D eigenvalue weighted by molar-refractivity contribution is 5.36. The van der Waals surface area contributed by atoms with Gasteiger partial charge >= 0.3 is 0 Å². The van der Waals surface area contributed by atoms with Crippen LogP contribution in [0.4, 0.5) is 0 Å². The minimum absolute atomic E-state index is 0.0688. The molecule has 0 saturated heterocycles. The molecule has 0 radical (unpaired) electrons. The molecular formula is C35H41NO2. The van der Waals surface area contributed by atoms with E-state index < -0.39 is 0 Å². The van der Waals surface area contributed by atoms with Crippen molar-refractivity contribution in [2.75, 3.05) is 32.8 Å². The van der Waals surface area contributed by atoms with Crippen LogP contribution in [0.3, 0.4) is 0 Å². The molecular weight excluding hydrogens is 466 g/mol. The topological polar surface area (TPSA) is 21.7 Å². The number of ether oxygens (including phenoxy) is 2. The average Bonchev–Trinajstić information content (AvgIpc) is 2.95. The summed E-state index contributed by atoms with van der Waals surface area (Å²) in [6, 6.07) is 38.1. The molecule has 0 aliphatic carbocycles. The molecule has 0 saturated carbocycles. The summed E-state index contributed by atoms with van der Waals surface area (Å²) in [4.78, 5) is 2.46. The molecule has 2 unspecified atom stereocenters. The summed E-state index contributed by atoms with van der Waals surface area (Å²) in [5, 5.41) is 0. The smallest absolute Gasteiger partial charge is 0.108 e. The molecule has 2 atom stereocenters. The summed E-state index contributed by atoms with van der Waals surface area (Å²) in [6.45, 7) is 10.6. The van der Waals surface area contributed by atoms with Gasteiger partial charge in [0, 0.05) is 13.1 Å². The fourth-order valence-electron chi connectivity index (χ4n) is 5.00. The van der Waals surface area contributed by atoms with Gasteiger partial charge in [0.25, 0.3) is 0 Å². The van der Waals surface area contributed by atoms with Crippen LogP contribution in [0, 0.1) is 13.8 Å². The van der Waals surface area contributed by atoms with Gasteiger partial charge in [-0.25, -0.2) is 0 Å². The van der Waals surface area contributed by atoms with E-state index in [9.17, 15) is 0 Å². The minimum atomic E-state index is -0.0688. The lowest BCUT2D eigenvalue weighted by Gasteiger charge is -2.26. The van der Waals surface area contributed by atoms with E-state index >= 15 is 0 Å². The number of hydrogen-bond acceptors (Lipinski definition) is 3. The highest BCUT2D eigenvalue weighted by Crippen LogP contribution is 2.29. The molecule has 0 heterocycles. The van der Waals surface area contributed by atoms with E-state index in [1.807, 2.05) is 0 Å². The fourth-order valence-corrected chi connectivity index (χ4v) is 5.00. The van der Waals surface area contributed by atoms with Gasteiger partial charge in [0.15, 0.2) is 0 Å². The molecule has 0 spiro atoms. The Morgan fingerprint density at radius 3 is 1.32 bits per heavy atom. The summed E-state index contributed by atoms with van der Waals surface area (Å²) in [5.41, 5.74) is 7.35.